The molecule has 2 aromatic rings. The summed E-state index contributed by atoms with van der Waals surface area (Å²) in [7, 11) is 1.98. The van der Waals surface area contributed by atoms with Gasteiger partial charge in [0.25, 0.3) is 11.8 Å². The Balaban J connectivity index is 1.58. The fourth-order valence-electron chi connectivity index (χ4n) is 4.29. The van der Waals surface area contributed by atoms with Crippen molar-refractivity contribution in [1.29, 1.82) is 0 Å². The molecule has 146 valence electrons. The molecule has 1 aromatic heterocycles. The number of fused-ring (bicyclic) bond motifs is 1. The van der Waals surface area contributed by atoms with Crippen LogP contribution in [-0.4, -0.2) is 45.2 Å². The highest BCUT2D eigenvalue weighted by Gasteiger charge is 2.38. The average molecular weight is 379 g/mol. The first-order valence-corrected chi connectivity index (χ1v) is 9.83. The Hall–Kier alpha value is -2.89. The number of nitrogens with zero attached hydrogens (tertiary/aromatic N) is 3. The van der Waals surface area contributed by atoms with Crippen molar-refractivity contribution < 1.29 is 14.4 Å². The molecule has 0 spiro atoms. The van der Waals surface area contributed by atoms with Crippen molar-refractivity contribution in [2.75, 3.05) is 13.1 Å². The summed E-state index contributed by atoms with van der Waals surface area (Å²) in [5.74, 6) is -0.394. The molecule has 4 rings (SSSR count). The Labute approximate surface area is 164 Å². The number of likely N-dealkylation sites (tertiary alicyclic amines) is 1. The number of benzene rings is 1. The second-order valence-corrected chi connectivity index (χ2v) is 7.86. The van der Waals surface area contributed by atoms with Gasteiger partial charge in [-0.1, -0.05) is 19.1 Å². The smallest absolute Gasteiger partial charge is 0.262 e. The van der Waals surface area contributed by atoms with Crippen molar-refractivity contribution in [3.05, 3.63) is 59.4 Å². The van der Waals surface area contributed by atoms with E-state index in [1.165, 1.54) is 0 Å². The fourth-order valence-corrected chi connectivity index (χ4v) is 4.29. The molecule has 0 radical (unpaired) electrons. The summed E-state index contributed by atoms with van der Waals surface area (Å²) in [6.07, 6.45) is 4.84. The van der Waals surface area contributed by atoms with Crippen molar-refractivity contribution >= 4 is 17.7 Å². The number of aryl methyl sites for hydroxylation is 1. The highest BCUT2D eigenvalue weighted by atomic mass is 16.2. The first kappa shape index (κ1) is 18.5. The van der Waals surface area contributed by atoms with Crippen LogP contribution in [0.3, 0.4) is 0 Å². The molecule has 2 atom stereocenters. The van der Waals surface area contributed by atoms with Crippen LogP contribution in [0.1, 0.15) is 58.6 Å². The summed E-state index contributed by atoms with van der Waals surface area (Å²) in [5, 5.41) is 0. The van der Waals surface area contributed by atoms with Gasteiger partial charge in [0.2, 0.25) is 5.91 Å². The molecule has 3 heterocycles. The first-order chi connectivity index (χ1) is 13.5. The topological polar surface area (TPSA) is 62.6 Å². The van der Waals surface area contributed by atoms with E-state index in [1.807, 2.05) is 34.8 Å². The Kier molecular flexibility index (Phi) is 4.79. The minimum absolute atomic E-state index is 0.0346. The lowest BCUT2D eigenvalue weighted by Gasteiger charge is -2.31. The number of carbonyl (C=O) groups is 3. The van der Waals surface area contributed by atoms with Gasteiger partial charge in [0.1, 0.15) is 6.54 Å². The number of carbonyl (C=O) groups excluding carboxylic acids is 3. The van der Waals surface area contributed by atoms with Gasteiger partial charge < -0.3 is 9.47 Å². The van der Waals surface area contributed by atoms with Gasteiger partial charge >= 0.3 is 0 Å². The lowest BCUT2D eigenvalue weighted by molar-refractivity contribution is -0.134. The van der Waals surface area contributed by atoms with Crippen molar-refractivity contribution in [2.45, 2.75) is 32.2 Å². The van der Waals surface area contributed by atoms with Crippen LogP contribution in [0, 0.1) is 5.92 Å². The maximum Gasteiger partial charge on any atom is 0.262 e. The van der Waals surface area contributed by atoms with E-state index in [4.69, 9.17) is 0 Å². The molecular weight excluding hydrogens is 354 g/mol. The van der Waals surface area contributed by atoms with Crippen molar-refractivity contribution in [3.8, 4) is 0 Å². The number of hydrogen-bond donors (Lipinski definition) is 0. The van der Waals surface area contributed by atoms with Crippen LogP contribution in [0.15, 0.2) is 42.6 Å². The van der Waals surface area contributed by atoms with Crippen LogP contribution in [0.5, 0.6) is 0 Å². The number of hydrogen-bond acceptors (Lipinski definition) is 3. The summed E-state index contributed by atoms with van der Waals surface area (Å²) in [5.41, 5.74) is 1.84. The van der Waals surface area contributed by atoms with Crippen molar-refractivity contribution in [1.82, 2.24) is 14.4 Å². The predicted molar refractivity (Wildman–Crippen MR) is 105 cm³/mol. The van der Waals surface area contributed by atoms with E-state index in [0.717, 1.165) is 29.9 Å². The van der Waals surface area contributed by atoms with Gasteiger partial charge in [-0.2, -0.15) is 0 Å². The van der Waals surface area contributed by atoms with Gasteiger partial charge in [-0.05, 0) is 49.4 Å². The minimum Gasteiger partial charge on any atom is -0.353 e. The van der Waals surface area contributed by atoms with Crippen LogP contribution in [0.4, 0.5) is 0 Å². The molecule has 2 aliphatic heterocycles. The zero-order valence-electron chi connectivity index (χ0n) is 16.3. The molecule has 0 unspecified atom stereocenters. The lowest BCUT2D eigenvalue weighted by atomic mass is 10.00. The summed E-state index contributed by atoms with van der Waals surface area (Å²) in [6.45, 7) is 2.64. The van der Waals surface area contributed by atoms with Gasteiger partial charge in [0, 0.05) is 25.5 Å². The van der Waals surface area contributed by atoms with E-state index in [0.29, 0.717) is 23.6 Å². The molecule has 0 saturated carbocycles. The largest absolute Gasteiger partial charge is 0.353 e. The second kappa shape index (κ2) is 7.26. The van der Waals surface area contributed by atoms with Gasteiger partial charge in [0.15, 0.2) is 0 Å². The van der Waals surface area contributed by atoms with Gasteiger partial charge in [-0.15, -0.1) is 0 Å². The van der Waals surface area contributed by atoms with Crippen LogP contribution in [-0.2, 0) is 11.8 Å². The zero-order valence-corrected chi connectivity index (χ0v) is 16.3. The Morgan fingerprint density at radius 2 is 1.68 bits per heavy atom. The number of aromatic nitrogens is 1. The van der Waals surface area contributed by atoms with Crippen LogP contribution in [0.2, 0.25) is 0 Å². The summed E-state index contributed by atoms with van der Waals surface area (Å²) in [4.78, 5) is 41.5. The third kappa shape index (κ3) is 3.13. The third-order valence-corrected chi connectivity index (χ3v) is 5.99. The molecule has 6 heteroatoms. The maximum absolute atomic E-state index is 13.2. The molecule has 2 aliphatic rings. The van der Waals surface area contributed by atoms with E-state index < -0.39 is 0 Å². The van der Waals surface area contributed by atoms with E-state index >= 15 is 0 Å². The molecule has 3 amide bonds. The van der Waals surface area contributed by atoms with Crippen molar-refractivity contribution in [2.24, 2.45) is 13.0 Å². The summed E-state index contributed by atoms with van der Waals surface area (Å²) < 4.78 is 2.04. The molecule has 6 nitrogen and oxygen atoms in total. The Bertz CT molecular complexity index is 898. The van der Waals surface area contributed by atoms with E-state index in [-0.39, 0.29) is 30.3 Å². The van der Waals surface area contributed by atoms with E-state index in [2.05, 4.69) is 6.92 Å². The van der Waals surface area contributed by atoms with Crippen LogP contribution >= 0.6 is 0 Å². The van der Waals surface area contributed by atoms with E-state index in [1.54, 1.807) is 24.3 Å². The summed E-state index contributed by atoms with van der Waals surface area (Å²) >= 11 is 0. The molecule has 0 N–H and O–H groups in total. The molecule has 0 bridgehead atoms. The lowest BCUT2D eigenvalue weighted by Crippen LogP contribution is -2.44. The minimum atomic E-state index is -0.382. The molecule has 0 aliphatic carbocycles. The molecule has 1 aromatic carbocycles. The number of amides is 3. The van der Waals surface area contributed by atoms with Gasteiger partial charge in [0.05, 0.1) is 17.2 Å². The normalized spacial score (nSPS) is 22.4. The quantitative estimate of drug-likeness (QED) is 0.770. The highest BCUT2D eigenvalue weighted by molar-refractivity contribution is 6.22. The monoisotopic (exact) mass is 379 g/mol. The van der Waals surface area contributed by atoms with Gasteiger partial charge in [-0.25, -0.2) is 0 Å². The highest BCUT2D eigenvalue weighted by Crippen LogP contribution is 2.33. The SMILES string of the molecule is C[C@H]1CC[C@H](c2cccn2C)N(C(=O)CN2C(=O)c3ccccc3C2=O)CC1. The molecule has 1 fully saturated rings. The standard InChI is InChI=1S/C22H25N3O3/c1-15-9-10-19(18-8-5-12-23(18)2)24(13-11-15)20(26)14-25-21(27)16-6-3-4-7-17(16)22(25)28/h3-8,12,15,19H,9-11,13-14H2,1-2H3/t15-,19+/m0/s1. The molecule has 1 saturated heterocycles. The third-order valence-electron chi connectivity index (χ3n) is 5.99. The zero-order chi connectivity index (χ0) is 19.8. The average Bonchev–Trinajstić information content (AvgIpc) is 3.13. The first-order valence-electron chi connectivity index (χ1n) is 9.83. The Morgan fingerprint density at radius 3 is 2.29 bits per heavy atom. The number of imide groups is 1. The van der Waals surface area contributed by atoms with Crippen LogP contribution in [0.25, 0.3) is 0 Å². The predicted octanol–water partition coefficient (Wildman–Crippen LogP) is 3.01. The fraction of sp³-hybridized carbons (Fsp3) is 0.409. The maximum atomic E-state index is 13.2. The number of rotatable bonds is 3. The second-order valence-electron chi connectivity index (χ2n) is 7.86. The van der Waals surface area contributed by atoms with Crippen LogP contribution < -0.4 is 0 Å². The summed E-state index contributed by atoms with van der Waals surface area (Å²) in [6, 6.07) is 10.7. The van der Waals surface area contributed by atoms with Gasteiger partial charge in [-0.3, -0.25) is 19.3 Å². The molecular formula is C22H25N3O3. The van der Waals surface area contributed by atoms with E-state index in [9.17, 15) is 14.4 Å². The Morgan fingerprint density at radius 1 is 1.00 bits per heavy atom. The molecule has 28 heavy (non-hydrogen) atoms. The van der Waals surface area contributed by atoms with Crippen molar-refractivity contribution in [3.63, 3.8) is 0 Å².